The van der Waals surface area contributed by atoms with Crippen LogP contribution >= 0.6 is 0 Å². The zero-order valence-electron chi connectivity index (χ0n) is 9.27. The number of carbonyl (C=O) groups excluding carboxylic acids is 2. The van der Waals surface area contributed by atoms with E-state index in [1.165, 1.54) is 13.3 Å². The number of aromatic nitrogens is 1. The summed E-state index contributed by atoms with van der Waals surface area (Å²) in [6.45, 7) is 1.80. The van der Waals surface area contributed by atoms with Crippen LogP contribution in [0.15, 0.2) is 24.5 Å². The molecule has 0 aromatic carbocycles. The number of rotatable bonds is 4. The fraction of sp³-hybridized carbons (Fsp3) is 0.364. The molecule has 0 unspecified atom stereocenters. The van der Waals surface area contributed by atoms with E-state index in [4.69, 9.17) is 0 Å². The molecule has 1 aromatic rings. The second-order valence-corrected chi connectivity index (χ2v) is 3.20. The second-order valence-electron chi connectivity index (χ2n) is 3.20. The Bertz CT molecular complexity index is 365. The Morgan fingerprint density at radius 3 is 2.81 bits per heavy atom. The molecule has 0 aliphatic heterocycles. The lowest BCUT2D eigenvalue weighted by Gasteiger charge is -2.14. The van der Waals surface area contributed by atoms with Gasteiger partial charge in [0.05, 0.1) is 12.7 Å². The lowest BCUT2D eigenvalue weighted by atomic mass is 10.2. The monoisotopic (exact) mass is 222 g/mol. The van der Waals surface area contributed by atoms with Crippen molar-refractivity contribution in [3.05, 3.63) is 30.1 Å². The van der Waals surface area contributed by atoms with Crippen LogP contribution in [0.1, 0.15) is 23.7 Å². The van der Waals surface area contributed by atoms with Crippen molar-refractivity contribution in [2.24, 2.45) is 0 Å². The minimum Gasteiger partial charge on any atom is -0.467 e. The highest BCUT2D eigenvalue weighted by molar-refractivity contribution is 5.96. The molecule has 16 heavy (non-hydrogen) atoms. The van der Waals surface area contributed by atoms with Crippen molar-refractivity contribution in [2.45, 2.75) is 19.4 Å². The topological polar surface area (TPSA) is 68.3 Å². The van der Waals surface area contributed by atoms with E-state index in [-0.39, 0.29) is 5.91 Å². The fourth-order valence-electron chi connectivity index (χ4n) is 1.21. The summed E-state index contributed by atoms with van der Waals surface area (Å²) in [6, 6.07) is 2.68. The van der Waals surface area contributed by atoms with Gasteiger partial charge in [0.25, 0.3) is 5.91 Å². The van der Waals surface area contributed by atoms with Crippen molar-refractivity contribution in [1.82, 2.24) is 10.3 Å². The third-order valence-electron chi connectivity index (χ3n) is 2.12. The van der Waals surface area contributed by atoms with Crippen LogP contribution in [-0.2, 0) is 9.53 Å². The zero-order chi connectivity index (χ0) is 12.0. The molecule has 0 saturated carbocycles. The van der Waals surface area contributed by atoms with Crippen molar-refractivity contribution in [1.29, 1.82) is 0 Å². The van der Waals surface area contributed by atoms with Gasteiger partial charge < -0.3 is 10.1 Å². The van der Waals surface area contributed by atoms with Crippen LogP contribution < -0.4 is 5.32 Å². The van der Waals surface area contributed by atoms with E-state index in [2.05, 4.69) is 15.0 Å². The van der Waals surface area contributed by atoms with Crippen LogP contribution in [-0.4, -0.2) is 30.0 Å². The van der Waals surface area contributed by atoms with Gasteiger partial charge in [0.15, 0.2) is 0 Å². The second kappa shape index (κ2) is 5.85. The number of pyridine rings is 1. The maximum atomic E-state index is 11.7. The number of hydrogen-bond donors (Lipinski definition) is 1. The molecule has 5 nitrogen and oxygen atoms in total. The van der Waals surface area contributed by atoms with E-state index in [9.17, 15) is 9.59 Å². The molecule has 0 fully saturated rings. The zero-order valence-corrected chi connectivity index (χ0v) is 9.27. The third-order valence-corrected chi connectivity index (χ3v) is 2.12. The normalized spacial score (nSPS) is 11.6. The quantitative estimate of drug-likeness (QED) is 0.764. The van der Waals surface area contributed by atoms with Gasteiger partial charge in [-0.2, -0.15) is 0 Å². The summed E-state index contributed by atoms with van der Waals surface area (Å²) in [6.07, 6.45) is 3.51. The number of hydrogen-bond acceptors (Lipinski definition) is 4. The van der Waals surface area contributed by atoms with Crippen molar-refractivity contribution in [3.8, 4) is 0 Å². The van der Waals surface area contributed by atoms with Crippen LogP contribution in [0, 0.1) is 0 Å². The minimum absolute atomic E-state index is 0.328. The molecule has 0 radical (unpaired) electrons. The highest BCUT2D eigenvalue weighted by atomic mass is 16.5. The average molecular weight is 222 g/mol. The molecule has 1 N–H and O–H groups in total. The number of nitrogens with one attached hydrogen (secondary N) is 1. The first kappa shape index (κ1) is 12.2. The van der Waals surface area contributed by atoms with Gasteiger partial charge in [-0.1, -0.05) is 6.92 Å². The summed E-state index contributed by atoms with van der Waals surface area (Å²) in [4.78, 5) is 26.8. The summed E-state index contributed by atoms with van der Waals surface area (Å²) >= 11 is 0. The summed E-state index contributed by atoms with van der Waals surface area (Å²) in [5.74, 6) is -0.773. The first-order valence-corrected chi connectivity index (χ1v) is 4.97. The summed E-state index contributed by atoms with van der Waals surface area (Å²) < 4.78 is 4.57. The van der Waals surface area contributed by atoms with Gasteiger partial charge in [-0.3, -0.25) is 9.78 Å². The minimum atomic E-state index is -0.613. The Hall–Kier alpha value is -1.91. The van der Waals surface area contributed by atoms with Gasteiger partial charge >= 0.3 is 5.97 Å². The number of nitrogens with zero attached hydrogens (tertiary/aromatic N) is 1. The molecule has 86 valence electrons. The number of ether oxygens (including phenoxy) is 1. The van der Waals surface area contributed by atoms with Gasteiger partial charge in [0.1, 0.15) is 6.04 Å². The first-order valence-electron chi connectivity index (χ1n) is 4.97. The third kappa shape index (κ3) is 3.05. The molecule has 0 saturated heterocycles. The molecule has 1 heterocycles. The predicted molar refractivity (Wildman–Crippen MR) is 57.8 cm³/mol. The maximum Gasteiger partial charge on any atom is 0.328 e. The number of amides is 1. The Morgan fingerprint density at radius 1 is 1.56 bits per heavy atom. The predicted octanol–water partition coefficient (Wildman–Crippen LogP) is 0.763. The molecule has 1 amide bonds. The molecular weight excluding hydrogens is 208 g/mol. The smallest absolute Gasteiger partial charge is 0.328 e. The lowest BCUT2D eigenvalue weighted by molar-refractivity contribution is -0.142. The summed E-state index contributed by atoms with van der Waals surface area (Å²) in [5.41, 5.74) is 0.421. The molecule has 5 heteroatoms. The van der Waals surface area contributed by atoms with E-state index < -0.39 is 12.0 Å². The highest BCUT2D eigenvalue weighted by Crippen LogP contribution is 1.99. The van der Waals surface area contributed by atoms with Crippen LogP contribution in [0.5, 0.6) is 0 Å². The van der Waals surface area contributed by atoms with E-state index >= 15 is 0 Å². The summed E-state index contributed by atoms with van der Waals surface area (Å²) in [5, 5.41) is 2.58. The van der Waals surface area contributed by atoms with Gasteiger partial charge in [0.2, 0.25) is 0 Å². The number of methoxy groups -OCH3 is 1. The molecule has 0 aliphatic rings. The van der Waals surface area contributed by atoms with Crippen LogP contribution in [0.3, 0.4) is 0 Å². The van der Waals surface area contributed by atoms with E-state index in [0.717, 1.165) is 0 Å². The molecule has 1 aromatic heterocycles. The van der Waals surface area contributed by atoms with Crippen molar-refractivity contribution in [2.75, 3.05) is 7.11 Å². The lowest BCUT2D eigenvalue weighted by Crippen LogP contribution is -2.41. The van der Waals surface area contributed by atoms with Crippen LogP contribution in [0.4, 0.5) is 0 Å². The summed E-state index contributed by atoms with van der Waals surface area (Å²) in [7, 11) is 1.29. The molecule has 0 aliphatic carbocycles. The molecular formula is C11H14N2O3. The van der Waals surface area contributed by atoms with Crippen molar-refractivity contribution in [3.63, 3.8) is 0 Å². The van der Waals surface area contributed by atoms with E-state index in [1.54, 1.807) is 25.3 Å². The molecule has 1 rings (SSSR count). The number of carbonyl (C=O) groups is 2. The van der Waals surface area contributed by atoms with Crippen LogP contribution in [0.2, 0.25) is 0 Å². The fourth-order valence-corrected chi connectivity index (χ4v) is 1.21. The Labute approximate surface area is 93.8 Å². The number of esters is 1. The van der Waals surface area contributed by atoms with E-state index in [1.807, 2.05) is 0 Å². The standard InChI is InChI=1S/C11H14N2O3/c1-3-9(11(15)16-2)13-10(14)8-5-4-6-12-7-8/h4-7,9H,3H2,1-2H3,(H,13,14)/t9-/m0/s1. The van der Waals surface area contributed by atoms with Crippen molar-refractivity contribution < 1.29 is 14.3 Å². The van der Waals surface area contributed by atoms with E-state index in [0.29, 0.717) is 12.0 Å². The molecule has 0 bridgehead atoms. The average Bonchev–Trinajstić information content (AvgIpc) is 2.35. The Balaban J connectivity index is 2.66. The molecule has 0 spiro atoms. The molecule has 1 atom stereocenters. The SMILES string of the molecule is CC[C@H](NC(=O)c1cccnc1)C(=O)OC. The van der Waals surface area contributed by atoms with Gasteiger partial charge in [-0.05, 0) is 18.6 Å². The largest absolute Gasteiger partial charge is 0.467 e. The Morgan fingerprint density at radius 2 is 2.31 bits per heavy atom. The highest BCUT2D eigenvalue weighted by Gasteiger charge is 2.19. The maximum absolute atomic E-state index is 11.7. The first-order chi connectivity index (χ1) is 7.69. The van der Waals surface area contributed by atoms with Gasteiger partial charge in [-0.15, -0.1) is 0 Å². The van der Waals surface area contributed by atoms with Crippen LogP contribution in [0.25, 0.3) is 0 Å². The Kier molecular flexibility index (Phi) is 4.44. The van der Waals surface area contributed by atoms with Crippen molar-refractivity contribution >= 4 is 11.9 Å². The van der Waals surface area contributed by atoms with Gasteiger partial charge in [0, 0.05) is 12.4 Å². The van der Waals surface area contributed by atoms with Gasteiger partial charge in [-0.25, -0.2) is 4.79 Å².